The second-order valence-corrected chi connectivity index (χ2v) is 9.25. The Morgan fingerprint density at radius 1 is 0.838 bits per heavy atom. The van der Waals surface area contributed by atoms with Crippen LogP contribution in [0.2, 0.25) is 0 Å². The fourth-order valence-electron chi connectivity index (χ4n) is 4.49. The van der Waals surface area contributed by atoms with Crippen molar-refractivity contribution in [1.82, 2.24) is 9.97 Å². The first kappa shape index (κ1) is 27.4. The van der Waals surface area contributed by atoms with E-state index in [-0.39, 0.29) is 35.9 Å². The average Bonchev–Trinajstić information content (AvgIpc) is 2.82. The van der Waals surface area contributed by atoms with Crippen LogP contribution in [0.3, 0.4) is 0 Å². The lowest BCUT2D eigenvalue weighted by Gasteiger charge is -2.12. The van der Waals surface area contributed by atoms with Gasteiger partial charge in [0.1, 0.15) is 0 Å². The first-order valence-electron chi connectivity index (χ1n) is 12.0. The Bertz CT molecular complexity index is 1580. The van der Waals surface area contributed by atoms with Crippen LogP contribution in [0.4, 0.5) is 0 Å². The van der Waals surface area contributed by atoms with Crippen LogP contribution in [0.1, 0.15) is 47.6 Å². The fourth-order valence-corrected chi connectivity index (χ4v) is 4.49. The van der Waals surface area contributed by atoms with E-state index in [0.29, 0.717) is 17.0 Å². The molecule has 0 bridgehead atoms. The summed E-state index contributed by atoms with van der Waals surface area (Å²) in [7, 11) is 2.69. The molecule has 0 saturated heterocycles. The van der Waals surface area contributed by atoms with Crippen molar-refractivity contribution < 1.29 is 19.1 Å². The van der Waals surface area contributed by atoms with Gasteiger partial charge in [-0.05, 0) is 53.6 Å². The van der Waals surface area contributed by atoms with Crippen LogP contribution in [0.5, 0.6) is 0 Å². The maximum atomic E-state index is 11.7. The number of aryl methyl sites for hydroxylation is 2. The van der Waals surface area contributed by atoms with Gasteiger partial charge in [-0.1, -0.05) is 38.1 Å². The average molecular weight is 505 g/mol. The number of methoxy groups -OCH3 is 2. The number of rotatable bonds is 5. The first-order chi connectivity index (χ1) is 17.5. The summed E-state index contributed by atoms with van der Waals surface area (Å²) in [5, 5.41) is 1.82. The molecule has 0 saturated carbocycles. The molecule has 0 unspecified atom stereocenters. The number of nitrogens with one attached hydrogen (secondary N) is 2. The highest BCUT2D eigenvalue weighted by Gasteiger charge is 2.13. The molecule has 8 nitrogen and oxygen atoms in total. The smallest absolute Gasteiger partial charge is 0.310 e. The van der Waals surface area contributed by atoms with Gasteiger partial charge in [0.2, 0.25) is 11.1 Å². The maximum Gasteiger partial charge on any atom is 0.310 e. The molecule has 0 spiro atoms. The van der Waals surface area contributed by atoms with Crippen LogP contribution >= 0.6 is 0 Å². The van der Waals surface area contributed by atoms with Crippen molar-refractivity contribution in [2.45, 2.75) is 46.5 Å². The third-order valence-electron chi connectivity index (χ3n) is 6.11. The Morgan fingerprint density at radius 2 is 1.43 bits per heavy atom. The van der Waals surface area contributed by atoms with Gasteiger partial charge in [-0.2, -0.15) is 0 Å². The molecule has 2 aromatic heterocycles. The van der Waals surface area contributed by atoms with Gasteiger partial charge < -0.3 is 19.4 Å². The van der Waals surface area contributed by atoms with Crippen molar-refractivity contribution >= 4 is 33.7 Å². The minimum Gasteiger partial charge on any atom is -0.469 e. The van der Waals surface area contributed by atoms with Crippen LogP contribution < -0.4 is 11.1 Å². The second-order valence-electron chi connectivity index (χ2n) is 9.25. The van der Waals surface area contributed by atoms with Gasteiger partial charge in [0.05, 0.1) is 32.6 Å². The maximum absolute atomic E-state index is 11.7. The van der Waals surface area contributed by atoms with Crippen LogP contribution in [-0.4, -0.2) is 36.1 Å². The largest absolute Gasteiger partial charge is 0.469 e. The molecule has 194 valence electrons. The minimum absolute atomic E-state index is 0.110. The molecule has 37 heavy (non-hydrogen) atoms. The van der Waals surface area contributed by atoms with Gasteiger partial charge in [-0.3, -0.25) is 19.2 Å². The Hall–Kier alpha value is -4.20. The summed E-state index contributed by atoms with van der Waals surface area (Å²) >= 11 is 0. The van der Waals surface area contributed by atoms with Crippen molar-refractivity contribution in [1.29, 1.82) is 0 Å². The third kappa shape index (κ3) is 6.52. The van der Waals surface area contributed by atoms with E-state index in [2.05, 4.69) is 33.3 Å². The van der Waals surface area contributed by atoms with Crippen molar-refractivity contribution in [3.63, 3.8) is 0 Å². The molecular weight excluding hydrogens is 472 g/mol. The Kier molecular flexibility index (Phi) is 8.65. The van der Waals surface area contributed by atoms with Crippen molar-refractivity contribution in [2.75, 3.05) is 14.2 Å². The van der Waals surface area contributed by atoms with E-state index < -0.39 is 0 Å². The number of aromatic nitrogens is 2. The number of pyridine rings is 2. The van der Waals surface area contributed by atoms with Crippen LogP contribution in [0, 0.1) is 13.8 Å². The number of carbonyl (C=O) groups is 2. The highest BCUT2D eigenvalue weighted by atomic mass is 16.5. The summed E-state index contributed by atoms with van der Waals surface area (Å²) in [6.07, 6.45) is 0.222. The Labute approximate surface area is 214 Å². The van der Waals surface area contributed by atoms with Gasteiger partial charge in [0.15, 0.2) is 0 Å². The lowest BCUT2D eigenvalue weighted by Crippen LogP contribution is -2.12. The molecule has 0 aliphatic rings. The van der Waals surface area contributed by atoms with E-state index in [1.165, 1.54) is 26.4 Å². The third-order valence-corrected chi connectivity index (χ3v) is 6.11. The molecule has 0 aliphatic carbocycles. The van der Waals surface area contributed by atoms with E-state index in [1.54, 1.807) is 0 Å². The zero-order chi connectivity index (χ0) is 27.3. The van der Waals surface area contributed by atoms with Crippen LogP contribution in [0.15, 0.2) is 52.1 Å². The van der Waals surface area contributed by atoms with Crippen molar-refractivity contribution in [3.05, 3.63) is 91.0 Å². The second kappa shape index (κ2) is 11.7. The van der Waals surface area contributed by atoms with Gasteiger partial charge in [0.25, 0.3) is 0 Å². The van der Waals surface area contributed by atoms with Gasteiger partial charge in [0, 0.05) is 28.4 Å². The van der Waals surface area contributed by atoms with Gasteiger partial charge in [-0.15, -0.1) is 0 Å². The SMILES string of the molecule is COC(=O)Cc1cc(=O)[nH]c2c(C(C)C)cccc12.COC(=O)Cc1cc(=O)[nH]c2cc(C)cc(C)c12. The van der Waals surface area contributed by atoms with Crippen LogP contribution in [-0.2, 0) is 31.9 Å². The number of carbonyl (C=O) groups excluding carboxylic acids is 2. The number of benzene rings is 2. The lowest BCUT2D eigenvalue weighted by atomic mass is 9.97. The summed E-state index contributed by atoms with van der Waals surface area (Å²) in [5.74, 6) is -0.392. The molecule has 2 aromatic carbocycles. The van der Waals surface area contributed by atoms with E-state index in [4.69, 9.17) is 0 Å². The standard InChI is InChI=1S/C15H17NO3.C14H15NO3/c1-9(2)11-5-4-6-12-10(8-14(18)19-3)7-13(17)16-15(11)12;1-8-4-9(2)14-10(7-13(17)18-3)6-12(16)15-11(14)5-8/h4-7,9H,8H2,1-3H3,(H,16,17);4-6H,7H2,1-3H3,(H,15,16). The zero-order valence-corrected chi connectivity index (χ0v) is 22.0. The van der Waals surface area contributed by atoms with Crippen LogP contribution in [0.25, 0.3) is 21.8 Å². The molecule has 0 amide bonds. The van der Waals surface area contributed by atoms with E-state index in [1.807, 2.05) is 44.2 Å². The van der Waals surface area contributed by atoms with E-state index >= 15 is 0 Å². The molecule has 2 heterocycles. The Morgan fingerprint density at radius 3 is 2.05 bits per heavy atom. The summed E-state index contributed by atoms with van der Waals surface area (Å²) in [6, 6.07) is 12.7. The topological polar surface area (TPSA) is 118 Å². The summed E-state index contributed by atoms with van der Waals surface area (Å²) in [4.78, 5) is 51.8. The molecular formula is C29H32N2O6. The Balaban J connectivity index is 0.000000206. The van der Waals surface area contributed by atoms with Gasteiger partial charge in [-0.25, -0.2) is 0 Å². The number of H-pyrrole nitrogens is 2. The molecule has 0 atom stereocenters. The van der Waals surface area contributed by atoms with Crippen molar-refractivity contribution in [3.8, 4) is 0 Å². The lowest BCUT2D eigenvalue weighted by molar-refractivity contribution is -0.140. The van der Waals surface area contributed by atoms with E-state index in [9.17, 15) is 19.2 Å². The van der Waals surface area contributed by atoms with Gasteiger partial charge >= 0.3 is 11.9 Å². The predicted molar refractivity (Wildman–Crippen MR) is 144 cm³/mol. The van der Waals surface area contributed by atoms with E-state index in [0.717, 1.165) is 38.5 Å². The number of esters is 2. The molecule has 2 N–H and O–H groups in total. The summed E-state index contributed by atoms with van der Waals surface area (Å²) < 4.78 is 9.32. The number of ether oxygens (including phenoxy) is 2. The zero-order valence-electron chi connectivity index (χ0n) is 22.0. The summed E-state index contributed by atoms with van der Waals surface area (Å²) in [5.41, 5.74) is 5.77. The molecule has 4 aromatic rings. The highest BCUT2D eigenvalue weighted by Crippen LogP contribution is 2.25. The minimum atomic E-state index is -0.346. The first-order valence-corrected chi connectivity index (χ1v) is 12.0. The number of hydrogen-bond donors (Lipinski definition) is 2. The highest BCUT2D eigenvalue weighted by molar-refractivity contribution is 5.90. The summed E-state index contributed by atoms with van der Waals surface area (Å²) in [6.45, 7) is 8.08. The number of hydrogen-bond acceptors (Lipinski definition) is 6. The molecule has 0 radical (unpaired) electrons. The quantitative estimate of drug-likeness (QED) is 0.393. The van der Waals surface area contributed by atoms with Crippen molar-refractivity contribution in [2.24, 2.45) is 0 Å². The normalized spacial score (nSPS) is 10.8. The fraction of sp³-hybridized carbons (Fsp3) is 0.310. The molecule has 0 fully saturated rings. The predicted octanol–water partition coefficient (Wildman–Crippen LogP) is 4.23. The number of fused-ring (bicyclic) bond motifs is 2. The monoisotopic (exact) mass is 504 g/mol. The molecule has 0 aliphatic heterocycles. The molecule has 8 heteroatoms. The number of aromatic amines is 2. The molecule has 4 rings (SSSR count). The number of para-hydroxylation sites is 1.